The molecule has 0 spiro atoms. The third kappa shape index (κ3) is 3.86. The number of nitrogens with one attached hydrogen (secondary N) is 2. The van der Waals surface area contributed by atoms with Crippen LogP contribution in [0.15, 0.2) is 35.0 Å². The normalized spacial score (nSPS) is 14.4. The molecule has 4 rings (SSSR count). The zero-order valence-electron chi connectivity index (χ0n) is 15.3. The van der Waals surface area contributed by atoms with E-state index in [-0.39, 0.29) is 0 Å². The Morgan fingerprint density at radius 1 is 1.00 bits per heavy atom. The largest absolute Gasteiger partial charge is 0.378 e. The number of ether oxygens (including phenoxy) is 1. The minimum absolute atomic E-state index is 0.489. The Labute approximate surface area is 162 Å². The van der Waals surface area contributed by atoms with Gasteiger partial charge in [0.1, 0.15) is 0 Å². The maximum absolute atomic E-state index is 5.47. The van der Waals surface area contributed by atoms with Crippen LogP contribution in [0.25, 0.3) is 11.0 Å². The molecule has 0 aliphatic carbocycles. The third-order valence-corrected chi connectivity index (χ3v) is 4.68. The minimum Gasteiger partial charge on any atom is -0.378 e. The van der Waals surface area contributed by atoms with Gasteiger partial charge in [0.2, 0.25) is 0 Å². The molecule has 27 heavy (non-hydrogen) atoms. The fourth-order valence-electron chi connectivity index (χ4n) is 3.35. The van der Waals surface area contributed by atoms with Gasteiger partial charge in [-0.25, -0.2) is 4.63 Å². The summed E-state index contributed by atoms with van der Waals surface area (Å²) in [5, 5.41) is 15.1. The van der Waals surface area contributed by atoms with Gasteiger partial charge in [0, 0.05) is 18.8 Å². The SMILES string of the molecule is Cc1cc(C)cc(NC(=S)Nc2ccc(N3CCOCC3)c3nonc23)c1. The van der Waals surface area contributed by atoms with Gasteiger partial charge in [-0.05, 0) is 71.8 Å². The van der Waals surface area contributed by atoms with E-state index >= 15 is 0 Å². The van der Waals surface area contributed by atoms with Gasteiger partial charge in [0.05, 0.1) is 24.6 Å². The molecule has 0 bridgehead atoms. The average Bonchev–Trinajstić information content (AvgIpc) is 3.12. The molecule has 0 amide bonds. The molecule has 3 aromatic rings. The number of morpholine rings is 1. The summed E-state index contributed by atoms with van der Waals surface area (Å²) in [6.07, 6.45) is 0. The van der Waals surface area contributed by atoms with Crippen molar-refractivity contribution in [3.05, 3.63) is 41.5 Å². The van der Waals surface area contributed by atoms with Gasteiger partial charge in [-0.15, -0.1) is 0 Å². The Morgan fingerprint density at radius 3 is 2.44 bits per heavy atom. The van der Waals surface area contributed by atoms with Crippen LogP contribution in [0.5, 0.6) is 0 Å². The van der Waals surface area contributed by atoms with E-state index in [0.717, 1.165) is 35.7 Å². The van der Waals surface area contributed by atoms with Crippen LogP contribution in [-0.2, 0) is 4.74 Å². The van der Waals surface area contributed by atoms with Crippen LogP contribution >= 0.6 is 12.2 Å². The maximum atomic E-state index is 5.47. The first-order valence-corrected chi connectivity index (χ1v) is 9.25. The number of nitrogens with zero attached hydrogens (tertiary/aromatic N) is 3. The quantitative estimate of drug-likeness (QED) is 0.666. The van der Waals surface area contributed by atoms with Crippen molar-refractivity contribution >= 4 is 45.4 Å². The molecule has 1 aliphatic rings. The first-order valence-electron chi connectivity index (χ1n) is 8.84. The summed E-state index contributed by atoms with van der Waals surface area (Å²) in [4.78, 5) is 2.23. The van der Waals surface area contributed by atoms with Gasteiger partial charge in [-0.1, -0.05) is 6.07 Å². The average molecular weight is 383 g/mol. The number of hydrogen-bond acceptors (Lipinski definition) is 6. The van der Waals surface area contributed by atoms with Gasteiger partial charge in [-0.2, -0.15) is 0 Å². The van der Waals surface area contributed by atoms with Crippen molar-refractivity contribution in [2.45, 2.75) is 13.8 Å². The molecule has 8 heteroatoms. The van der Waals surface area contributed by atoms with Crippen LogP contribution < -0.4 is 15.5 Å². The molecule has 1 fully saturated rings. The molecule has 0 atom stereocenters. The van der Waals surface area contributed by atoms with E-state index in [1.54, 1.807) is 0 Å². The Hall–Kier alpha value is -2.71. The lowest BCUT2D eigenvalue weighted by Crippen LogP contribution is -2.36. The van der Waals surface area contributed by atoms with Crippen LogP contribution in [0.2, 0.25) is 0 Å². The topological polar surface area (TPSA) is 75.5 Å². The maximum Gasteiger partial charge on any atom is 0.175 e. The number of aryl methyl sites for hydroxylation is 2. The lowest BCUT2D eigenvalue weighted by Gasteiger charge is -2.28. The van der Waals surface area contributed by atoms with Crippen molar-refractivity contribution in [3.63, 3.8) is 0 Å². The number of hydrogen-bond donors (Lipinski definition) is 2. The second-order valence-electron chi connectivity index (χ2n) is 6.65. The van der Waals surface area contributed by atoms with Crippen molar-refractivity contribution < 1.29 is 9.37 Å². The molecule has 2 heterocycles. The smallest absolute Gasteiger partial charge is 0.175 e. The minimum atomic E-state index is 0.489. The first-order chi connectivity index (χ1) is 13.1. The summed E-state index contributed by atoms with van der Waals surface area (Å²) in [7, 11) is 0. The van der Waals surface area contributed by atoms with Crippen molar-refractivity contribution in [1.82, 2.24) is 10.3 Å². The molecule has 2 aromatic carbocycles. The van der Waals surface area contributed by atoms with Crippen molar-refractivity contribution in [2.24, 2.45) is 0 Å². The van der Waals surface area contributed by atoms with Crippen LogP contribution in [0, 0.1) is 13.8 Å². The fraction of sp³-hybridized carbons (Fsp3) is 0.316. The Bertz CT molecular complexity index is 961. The first kappa shape index (κ1) is 17.7. The summed E-state index contributed by atoms with van der Waals surface area (Å²) in [6.45, 7) is 7.17. The van der Waals surface area contributed by atoms with Gasteiger partial charge in [0.25, 0.3) is 0 Å². The highest BCUT2D eigenvalue weighted by Crippen LogP contribution is 2.30. The molecule has 140 valence electrons. The molecule has 1 aliphatic heterocycles. The predicted molar refractivity (Wildman–Crippen MR) is 111 cm³/mol. The third-order valence-electron chi connectivity index (χ3n) is 4.47. The monoisotopic (exact) mass is 383 g/mol. The molecule has 1 saturated heterocycles. The predicted octanol–water partition coefficient (Wildman–Crippen LogP) is 3.49. The zero-order chi connectivity index (χ0) is 18.8. The van der Waals surface area contributed by atoms with Crippen LogP contribution in [0.1, 0.15) is 11.1 Å². The van der Waals surface area contributed by atoms with E-state index < -0.39 is 0 Å². The summed E-state index contributed by atoms with van der Waals surface area (Å²) in [5.74, 6) is 0. The van der Waals surface area contributed by atoms with Crippen molar-refractivity contribution in [1.29, 1.82) is 0 Å². The number of aromatic nitrogens is 2. The van der Waals surface area contributed by atoms with Crippen LogP contribution in [0.3, 0.4) is 0 Å². The van der Waals surface area contributed by atoms with E-state index in [9.17, 15) is 0 Å². The summed E-state index contributed by atoms with van der Waals surface area (Å²) < 4.78 is 10.4. The highest BCUT2D eigenvalue weighted by atomic mass is 32.1. The molecule has 7 nitrogen and oxygen atoms in total. The molecule has 0 saturated carbocycles. The second kappa shape index (κ2) is 7.50. The summed E-state index contributed by atoms with van der Waals surface area (Å²) in [5.41, 5.74) is 6.43. The molecular formula is C19H21N5O2S. The number of anilines is 3. The van der Waals surface area contributed by atoms with E-state index in [2.05, 4.69) is 57.9 Å². The van der Waals surface area contributed by atoms with E-state index in [0.29, 0.717) is 23.8 Å². The Balaban J connectivity index is 1.55. The Kier molecular flexibility index (Phi) is 4.91. The Morgan fingerprint density at radius 2 is 1.70 bits per heavy atom. The van der Waals surface area contributed by atoms with Gasteiger partial charge in [-0.3, -0.25) is 0 Å². The highest BCUT2D eigenvalue weighted by molar-refractivity contribution is 7.80. The number of benzene rings is 2. The van der Waals surface area contributed by atoms with E-state index in [1.807, 2.05) is 12.1 Å². The van der Waals surface area contributed by atoms with Gasteiger partial charge in [0.15, 0.2) is 16.1 Å². The summed E-state index contributed by atoms with van der Waals surface area (Å²) in [6, 6.07) is 10.2. The van der Waals surface area contributed by atoms with Crippen molar-refractivity contribution in [3.8, 4) is 0 Å². The summed E-state index contributed by atoms with van der Waals surface area (Å²) >= 11 is 5.47. The highest BCUT2D eigenvalue weighted by Gasteiger charge is 2.19. The molecule has 0 unspecified atom stereocenters. The molecule has 2 N–H and O–H groups in total. The lowest BCUT2D eigenvalue weighted by atomic mass is 10.1. The molecular weight excluding hydrogens is 362 g/mol. The molecule has 1 aromatic heterocycles. The van der Waals surface area contributed by atoms with E-state index in [4.69, 9.17) is 21.6 Å². The fourth-order valence-corrected chi connectivity index (χ4v) is 3.57. The number of fused-ring (bicyclic) bond motifs is 1. The van der Waals surface area contributed by atoms with Crippen LogP contribution in [0.4, 0.5) is 17.1 Å². The van der Waals surface area contributed by atoms with Crippen LogP contribution in [-0.4, -0.2) is 41.7 Å². The number of rotatable bonds is 3. The van der Waals surface area contributed by atoms with Gasteiger partial charge >= 0.3 is 0 Å². The van der Waals surface area contributed by atoms with Crippen molar-refractivity contribution in [2.75, 3.05) is 41.8 Å². The van der Waals surface area contributed by atoms with E-state index in [1.165, 1.54) is 11.1 Å². The second-order valence-corrected chi connectivity index (χ2v) is 7.06. The molecule has 0 radical (unpaired) electrons. The van der Waals surface area contributed by atoms with Gasteiger partial charge < -0.3 is 20.3 Å². The zero-order valence-corrected chi connectivity index (χ0v) is 16.1. The lowest BCUT2D eigenvalue weighted by molar-refractivity contribution is 0.123. The number of thiocarbonyl (C=S) groups is 1. The standard InChI is InChI=1S/C19H21N5O2S/c1-12-9-13(2)11-14(10-12)20-19(27)21-15-3-4-16(18-17(15)22-26-23-18)24-5-7-25-8-6-24/h3-4,9-11H,5-8H2,1-2H3,(H2,20,21,27).